The number of aryl methyl sites for hydroxylation is 1. The fourth-order valence-corrected chi connectivity index (χ4v) is 13.2. The van der Waals surface area contributed by atoms with Crippen LogP contribution in [0.5, 0.6) is 0 Å². The summed E-state index contributed by atoms with van der Waals surface area (Å²) in [5, 5.41) is 7.68. The van der Waals surface area contributed by atoms with Crippen molar-refractivity contribution in [1.82, 2.24) is 4.57 Å². The Morgan fingerprint density at radius 2 is 1.35 bits per heavy atom. The number of rotatable bonds is 7. The maximum Gasteiger partial charge on any atom is 0.0544 e. The summed E-state index contributed by atoms with van der Waals surface area (Å²) in [4.78, 5) is 2.48. The lowest BCUT2D eigenvalue weighted by Gasteiger charge is -2.45. The highest BCUT2D eigenvalue weighted by Gasteiger charge is 2.44. The van der Waals surface area contributed by atoms with Crippen molar-refractivity contribution in [2.75, 3.05) is 4.90 Å². The zero-order valence-electron chi connectivity index (χ0n) is 44.0. The van der Waals surface area contributed by atoms with Gasteiger partial charge in [-0.15, -0.1) is 0 Å². The summed E-state index contributed by atoms with van der Waals surface area (Å²) in [7, 11) is 0. The minimum atomic E-state index is -0.322. The average Bonchev–Trinajstić information content (AvgIpc) is 3.97. The molecule has 1 atom stereocenters. The Balaban J connectivity index is 0.952. The maximum absolute atomic E-state index is 4.44. The summed E-state index contributed by atoms with van der Waals surface area (Å²) in [6, 6.07) is 68.3. The number of allylic oxidation sites excluding steroid dienone is 11. The fourth-order valence-electron chi connectivity index (χ4n) is 13.2. The number of nitrogens with zero attached hydrogens (tertiary/aromatic N) is 2. The topological polar surface area (TPSA) is 8.17 Å². The third-order valence-electron chi connectivity index (χ3n) is 16.9. The van der Waals surface area contributed by atoms with Crippen molar-refractivity contribution in [3.8, 4) is 16.8 Å². The zero-order valence-corrected chi connectivity index (χ0v) is 44.0. The van der Waals surface area contributed by atoms with Crippen LogP contribution >= 0.6 is 0 Å². The molecule has 0 amide bonds. The highest BCUT2D eigenvalue weighted by atomic mass is 15.1. The van der Waals surface area contributed by atoms with Crippen molar-refractivity contribution < 1.29 is 0 Å². The molecule has 0 radical (unpaired) electrons. The molecule has 3 aliphatic carbocycles. The van der Waals surface area contributed by atoms with E-state index >= 15 is 0 Å². The molecule has 1 unspecified atom stereocenters. The van der Waals surface area contributed by atoms with Gasteiger partial charge in [0.25, 0.3) is 0 Å². The molecule has 10 aromatic rings. The highest BCUT2D eigenvalue weighted by Crippen LogP contribution is 2.55. The molecule has 2 nitrogen and oxygen atoms in total. The Labute approximate surface area is 442 Å². The molecule has 0 bridgehead atoms. The molecule has 0 spiro atoms. The average molecular weight is 967 g/mol. The van der Waals surface area contributed by atoms with Gasteiger partial charge in [0.1, 0.15) is 0 Å². The van der Waals surface area contributed by atoms with Crippen LogP contribution in [0.4, 0.5) is 17.1 Å². The van der Waals surface area contributed by atoms with Crippen LogP contribution in [0.15, 0.2) is 248 Å². The molecule has 0 saturated heterocycles. The van der Waals surface area contributed by atoms with E-state index in [0.29, 0.717) is 5.92 Å². The molecule has 1 aromatic heterocycles. The SMILES string of the molecule is C=C/C(=C1/CC(C)C=C/C1=C1\C=CC=CC1)c1cccc(-n2c3ccccc3c3c4c(ccc32)C(C)(C)c2cc(N(c3cccc(-c5cc6ccccc6c6ccccc56)c3)c3ccccc3C)ccc2C4(C)C)c1. The molecule has 9 aromatic carbocycles. The first kappa shape index (κ1) is 46.3. The number of benzene rings is 9. The van der Waals surface area contributed by atoms with E-state index in [0.717, 1.165) is 29.9 Å². The number of anilines is 3. The summed E-state index contributed by atoms with van der Waals surface area (Å²) in [6.07, 6.45) is 17.6. The second kappa shape index (κ2) is 17.9. The monoisotopic (exact) mass is 966 g/mol. The van der Waals surface area contributed by atoms with Gasteiger partial charge >= 0.3 is 0 Å². The zero-order chi connectivity index (χ0) is 51.2. The molecule has 3 aliphatic rings. The standard InChI is InChI=1S/C73H62N2/c1-8-56(63-42-47(2)36-38-58(63)49-23-10-9-11-24-49)50-26-20-29-54(43-50)75-68-35-19-17-33-61(68)70-69(75)41-40-65-71(70)73(6,7)64-39-37-55(46-66(64)72(65,4)5)74(67-34-18-12-22-48(67)3)53-28-21-27-51(44-53)62-45-52-25-13-14-30-57(52)59-31-15-16-32-60(59)62/h8-23,25-41,43-47H,1,24,42H2,2-7H3/b58-49-,63-56+. The Morgan fingerprint density at radius 1 is 0.613 bits per heavy atom. The van der Waals surface area contributed by atoms with Crippen LogP contribution < -0.4 is 4.90 Å². The Morgan fingerprint density at radius 3 is 2.16 bits per heavy atom. The number of fused-ring (bicyclic) bond motifs is 9. The van der Waals surface area contributed by atoms with Crippen molar-refractivity contribution in [2.45, 2.75) is 65.2 Å². The second-order valence-electron chi connectivity index (χ2n) is 22.2. The number of hydrogen-bond acceptors (Lipinski definition) is 1. The van der Waals surface area contributed by atoms with Gasteiger partial charge in [-0.3, -0.25) is 0 Å². The minimum absolute atomic E-state index is 0.317. The molecular formula is C73H62N2. The predicted octanol–water partition coefficient (Wildman–Crippen LogP) is 19.8. The van der Waals surface area contributed by atoms with Gasteiger partial charge in [0.15, 0.2) is 0 Å². The minimum Gasteiger partial charge on any atom is -0.310 e. The van der Waals surface area contributed by atoms with Crippen molar-refractivity contribution in [3.63, 3.8) is 0 Å². The lowest BCUT2D eigenvalue weighted by atomic mass is 9.59. The first-order valence-corrected chi connectivity index (χ1v) is 26.8. The van der Waals surface area contributed by atoms with Gasteiger partial charge in [0.2, 0.25) is 0 Å². The molecule has 0 N–H and O–H groups in total. The summed E-state index contributed by atoms with van der Waals surface area (Å²) in [6.45, 7) is 18.8. The third-order valence-corrected chi connectivity index (χ3v) is 16.9. The molecule has 0 saturated carbocycles. The molecule has 13 rings (SSSR count). The molecule has 0 aliphatic heterocycles. The van der Waals surface area contributed by atoms with E-state index in [1.54, 1.807) is 0 Å². The molecule has 1 heterocycles. The fraction of sp³-hybridized carbons (Fsp3) is 0.151. The number of hydrogen-bond donors (Lipinski definition) is 0. The Kier molecular flexibility index (Phi) is 11.1. The molecular weight excluding hydrogens is 905 g/mol. The van der Waals surface area contributed by atoms with Crippen molar-refractivity contribution in [1.29, 1.82) is 0 Å². The molecule has 0 fully saturated rings. The van der Waals surface area contributed by atoms with Crippen LogP contribution in [-0.4, -0.2) is 4.57 Å². The quantitative estimate of drug-likeness (QED) is 0.145. The first-order valence-electron chi connectivity index (χ1n) is 26.8. The Hall–Kier alpha value is -8.46. The molecule has 2 heteroatoms. The first-order chi connectivity index (χ1) is 36.5. The van der Waals surface area contributed by atoms with E-state index in [1.807, 2.05) is 0 Å². The normalized spacial score (nSPS) is 18.1. The van der Waals surface area contributed by atoms with E-state index in [2.05, 4.69) is 282 Å². The van der Waals surface area contributed by atoms with Crippen LogP contribution in [-0.2, 0) is 10.8 Å². The van der Waals surface area contributed by atoms with Crippen molar-refractivity contribution >= 4 is 66.0 Å². The maximum atomic E-state index is 4.44. The van der Waals surface area contributed by atoms with Gasteiger partial charge in [-0.1, -0.05) is 205 Å². The predicted molar refractivity (Wildman–Crippen MR) is 321 cm³/mol. The van der Waals surface area contributed by atoms with Crippen LogP contribution in [0.2, 0.25) is 0 Å². The third kappa shape index (κ3) is 7.44. The lowest BCUT2D eigenvalue weighted by molar-refractivity contribution is 0.525. The lowest BCUT2D eigenvalue weighted by Crippen LogP contribution is -2.37. The Bertz CT molecular complexity index is 4170. The van der Waals surface area contributed by atoms with E-state index in [1.165, 1.54) is 116 Å². The van der Waals surface area contributed by atoms with E-state index < -0.39 is 0 Å². The second-order valence-corrected chi connectivity index (χ2v) is 22.2. The van der Waals surface area contributed by atoms with Crippen LogP contribution in [0.3, 0.4) is 0 Å². The number of aromatic nitrogens is 1. The van der Waals surface area contributed by atoms with E-state index in [4.69, 9.17) is 0 Å². The van der Waals surface area contributed by atoms with Crippen LogP contribution in [0, 0.1) is 12.8 Å². The largest absolute Gasteiger partial charge is 0.310 e. The highest BCUT2D eigenvalue weighted by molar-refractivity contribution is 6.14. The number of para-hydroxylation sites is 2. The van der Waals surface area contributed by atoms with E-state index in [-0.39, 0.29) is 10.8 Å². The van der Waals surface area contributed by atoms with Crippen LogP contribution in [0.1, 0.15) is 80.8 Å². The van der Waals surface area contributed by atoms with Crippen molar-refractivity contribution in [3.05, 3.63) is 281 Å². The van der Waals surface area contributed by atoms with Gasteiger partial charge in [0, 0.05) is 44.4 Å². The van der Waals surface area contributed by atoms with Crippen LogP contribution in [0.25, 0.3) is 65.7 Å². The van der Waals surface area contributed by atoms with E-state index in [9.17, 15) is 0 Å². The molecule has 364 valence electrons. The van der Waals surface area contributed by atoms with Gasteiger partial charge in [-0.25, -0.2) is 0 Å². The summed E-state index contributed by atoms with van der Waals surface area (Å²) >= 11 is 0. The summed E-state index contributed by atoms with van der Waals surface area (Å²) < 4.78 is 2.51. The van der Waals surface area contributed by atoms with Gasteiger partial charge in [0.05, 0.1) is 11.0 Å². The van der Waals surface area contributed by atoms with Crippen molar-refractivity contribution in [2.24, 2.45) is 5.92 Å². The smallest absolute Gasteiger partial charge is 0.0544 e. The van der Waals surface area contributed by atoms with Gasteiger partial charge in [-0.05, 0) is 175 Å². The molecule has 75 heavy (non-hydrogen) atoms. The summed E-state index contributed by atoms with van der Waals surface area (Å²) in [5.41, 5.74) is 22.0. The summed E-state index contributed by atoms with van der Waals surface area (Å²) in [5.74, 6) is 0.450. The van der Waals surface area contributed by atoms with Gasteiger partial charge in [-0.2, -0.15) is 0 Å². The van der Waals surface area contributed by atoms with Gasteiger partial charge < -0.3 is 9.47 Å².